The molecule has 0 fully saturated rings. The first kappa shape index (κ1) is 39.3. The Morgan fingerprint density at radius 3 is 1.83 bits per heavy atom. The summed E-state index contributed by atoms with van der Waals surface area (Å²) in [4.78, 5) is 15.5. The predicted molar refractivity (Wildman–Crippen MR) is 284 cm³/mol. The van der Waals surface area contributed by atoms with E-state index < -0.39 is 0 Å². The van der Waals surface area contributed by atoms with Crippen molar-refractivity contribution in [2.45, 2.75) is 19.3 Å². The summed E-state index contributed by atoms with van der Waals surface area (Å²) < 4.78 is 8.77. The molecule has 0 bridgehead atoms. The predicted octanol–water partition coefficient (Wildman–Crippen LogP) is 16.7. The molecule has 5 nitrogen and oxygen atoms in total. The van der Waals surface area contributed by atoms with Crippen LogP contribution in [0, 0.1) is 0 Å². The van der Waals surface area contributed by atoms with Crippen LogP contribution in [0.15, 0.2) is 223 Å². The van der Waals surface area contributed by atoms with Crippen molar-refractivity contribution in [2.24, 2.45) is 0 Å². The summed E-state index contributed by atoms with van der Waals surface area (Å²) in [7, 11) is 0. The van der Waals surface area contributed by atoms with E-state index in [0.29, 0.717) is 17.5 Å². The van der Waals surface area contributed by atoms with E-state index in [1.165, 1.54) is 54.9 Å². The zero-order chi connectivity index (χ0) is 45.8. The van der Waals surface area contributed by atoms with E-state index in [-0.39, 0.29) is 5.41 Å². The molecule has 1 aliphatic rings. The highest BCUT2D eigenvalue weighted by Gasteiger charge is 2.35. The molecule has 324 valence electrons. The molecule has 0 saturated heterocycles. The molecule has 0 unspecified atom stereocenters. The molecule has 1 aliphatic carbocycles. The van der Waals surface area contributed by atoms with Gasteiger partial charge < -0.3 is 8.98 Å². The molecule has 3 heterocycles. The molecule has 0 amide bonds. The van der Waals surface area contributed by atoms with Crippen LogP contribution >= 0.6 is 0 Å². The van der Waals surface area contributed by atoms with Gasteiger partial charge in [0.15, 0.2) is 17.5 Å². The van der Waals surface area contributed by atoms with Crippen LogP contribution < -0.4 is 0 Å². The second-order valence-corrected chi connectivity index (χ2v) is 18.8. The molecule has 0 spiro atoms. The van der Waals surface area contributed by atoms with Gasteiger partial charge in [0, 0.05) is 54.9 Å². The maximum atomic E-state index is 6.33. The molecule has 0 radical (unpaired) electrons. The van der Waals surface area contributed by atoms with Crippen molar-refractivity contribution in [1.82, 2.24) is 19.5 Å². The van der Waals surface area contributed by atoms with Gasteiger partial charge in [0.25, 0.3) is 0 Å². The van der Waals surface area contributed by atoms with Gasteiger partial charge in [-0.3, -0.25) is 0 Å². The topological polar surface area (TPSA) is 56.7 Å². The van der Waals surface area contributed by atoms with Gasteiger partial charge in [-0.1, -0.05) is 178 Å². The van der Waals surface area contributed by atoms with Gasteiger partial charge in [0.1, 0.15) is 11.2 Å². The largest absolute Gasteiger partial charge is 0.456 e. The number of rotatable bonds is 6. The second kappa shape index (κ2) is 15.0. The van der Waals surface area contributed by atoms with Crippen LogP contribution in [0.2, 0.25) is 0 Å². The smallest absolute Gasteiger partial charge is 0.164 e. The van der Waals surface area contributed by atoms with Crippen molar-refractivity contribution < 1.29 is 4.42 Å². The maximum Gasteiger partial charge on any atom is 0.164 e. The van der Waals surface area contributed by atoms with Crippen LogP contribution in [0.3, 0.4) is 0 Å². The van der Waals surface area contributed by atoms with Gasteiger partial charge in [-0.25, -0.2) is 15.0 Å². The highest BCUT2D eigenvalue weighted by molar-refractivity contribution is 6.17. The lowest BCUT2D eigenvalue weighted by atomic mass is 9.81. The van der Waals surface area contributed by atoms with Crippen LogP contribution in [-0.4, -0.2) is 19.5 Å². The van der Waals surface area contributed by atoms with Crippen molar-refractivity contribution in [2.75, 3.05) is 0 Å². The zero-order valence-corrected chi connectivity index (χ0v) is 38.0. The molecule has 69 heavy (non-hydrogen) atoms. The third kappa shape index (κ3) is 6.21. The number of benzene rings is 10. The Balaban J connectivity index is 0.945. The van der Waals surface area contributed by atoms with E-state index in [0.717, 1.165) is 66.5 Å². The maximum absolute atomic E-state index is 6.33. The van der Waals surface area contributed by atoms with Crippen molar-refractivity contribution in [3.05, 3.63) is 230 Å². The number of furan rings is 1. The van der Waals surface area contributed by atoms with Gasteiger partial charge in [-0.05, 0) is 104 Å². The lowest BCUT2D eigenvalue weighted by Crippen LogP contribution is -2.14. The fraction of sp³-hybridized carbons (Fsp3) is 0.0469. The Hall–Kier alpha value is -8.93. The van der Waals surface area contributed by atoms with Gasteiger partial charge >= 0.3 is 0 Å². The highest BCUT2D eigenvalue weighted by atomic mass is 16.3. The Morgan fingerprint density at radius 1 is 0.362 bits per heavy atom. The zero-order valence-electron chi connectivity index (χ0n) is 38.0. The van der Waals surface area contributed by atoms with Crippen LogP contribution in [0.4, 0.5) is 0 Å². The van der Waals surface area contributed by atoms with Gasteiger partial charge in [-0.2, -0.15) is 0 Å². The number of nitrogens with zero attached hydrogens (tertiary/aromatic N) is 4. The number of fused-ring (bicyclic) bond motifs is 10. The lowest BCUT2D eigenvalue weighted by molar-refractivity contribution is 0.660. The summed E-state index contributed by atoms with van der Waals surface area (Å²) in [6.07, 6.45) is 0. The fourth-order valence-corrected chi connectivity index (χ4v) is 11.0. The number of para-hydroxylation sites is 2. The Labute approximate surface area is 398 Å². The molecule has 0 atom stereocenters. The van der Waals surface area contributed by atoms with Gasteiger partial charge in [0.05, 0.1) is 11.0 Å². The first-order valence-electron chi connectivity index (χ1n) is 23.6. The Kier molecular flexibility index (Phi) is 8.56. The van der Waals surface area contributed by atoms with Gasteiger partial charge in [-0.15, -0.1) is 0 Å². The molecule has 0 aliphatic heterocycles. The summed E-state index contributed by atoms with van der Waals surface area (Å²) in [6, 6.07) is 78.1. The van der Waals surface area contributed by atoms with Crippen molar-refractivity contribution in [3.8, 4) is 73.2 Å². The van der Waals surface area contributed by atoms with Crippen LogP contribution in [0.1, 0.15) is 25.0 Å². The van der Waals surface area contributed by atoms with Crippen LogP contribution in [0.25, 0.3) is 128 Å². The minimum atomic E-state index is -0.0834. The second-order valence-electron chi connectivity index (χ2n) is 18.8. The molecule has 3 aromatic heterocycles. The lowest BCUT2D eigenvalue weighted by Gasteiger charge is -2.22. The summed E-state index contributed by atoms with van der Waals surface area (Å²) in [5, 5.41) is 6.92. The van der Waals surface area contributed by atoms with Gasteiger partial charge in [0.2, 0.25) is 0 Å². The molecule has 0 N–H and O–H groups in total. The molecule has 10 aromatic carbocycles. The minimum Gasteiger partial charge on any atom is -0.456 e. The third-order valence-electron chi connectivity index (χ3n) is 14.4. The average Bonchev–Trinajstić information content (AvgIpc) is 4.02. The average molecular weight is 883 g/mol. The third-order valence-corrected chi connectivity index (χ3v) is 14.4. The van der Waals surface area contributed by atoms with Crippen LogP contribution in [-0.2, 0) is 5.41 Å². The number of aromatic nitrogens is 4. The van der Waals surface area contributed by atoms with E-state index >= 15 is 0 Å². The van der Waals surface area contributed by atoms with Crippen molar-refractivity contribution in [1.29, 1.82) is 0 Å². The summed E-state index contributed by atoms with van der Waals surface area (Å²) in [5.41, 5.74) is 17.6. The fourth-order valence-electron chi connectivity index (χ4n) is 11.0. The summed E-state index contributed by atoms with van der Waals surface area (Å²) in [5.74, 6) is 1.77. The molecular formula is C64H42N4O. The van der Waals surface area contributed by atoms with Crippen molar-refractivity contribution in [3.63, 3.8) is 0 Å². The van der Waals surface area contributed by atoms with E-state index in [1.807, 2.05) is 54.6 Å². The SMILES string of the molecule is CC1(C)c2ccccc2-c2ccc(-c3cccc(-c4cccc5c6cc7ccccc7cc6n(-c6cccc(-c7nc(-c8ccccc8)nc(-c8ccc9c(c8)oc8ccccc89)n7)c6)c45)c3)cc21. The molecule has 14 rings (SSSR count). The van der Waals surface area contributed by atoms with E-state index in [2.05, 4.69) is 182 Å². The highest BCUT2D eigenvalue weighted by Crippen LogP contribution is 2.50. The molecule has 5 heteroatoms. The Morgan fingerprint density at radius 2 is 0.957 bits per heavy atom. The van der Waals surface area contributed by atoms with E-state index in [4.69, 9.17) is 19.4 Å². The Bertz CT molecular complexity index is 4230. The normalized spacial score (nSPS) is 12.9. The minimum absolute atomic E-state index is 0.0834. The molecular weight excluding hydrogens is 841 g/mol. The standard InChI is InChI=1S/C64H42N4O/c1-64(2)55-27-10-8-23-49(55)50-31-29-43(36-56(50)64)40-19-12-20-44(33-40)48-25-14-26-53-54-35-41-17-6-7-18-42(41)37-57(54)68(60(48)53)47-22-13-21-45(34-47)62-65-61(39-15-4-3-5-16-39)66-63(67-62)46-30-32-52-51-24-9-11-28-58(51)69-59(52)38-46/h3-38H,1-2H3. The number of hydrogen-bond acceptors (Lipinski definition) is 4. The molecule has 0 saturated carbocycles. The van der Waals surface area contributed by atoms with Crippen molar-refractivity contribution >= 4 is 54.5 Å². The molecule has 13 aromatic rings. The first-order chi connectivity index (χ1) is 33.9. The number of hydrogen-bond donors (Lipinski definition) is 0. The first-order valence-corrected chi connectivity index (χ1v) is 23.6. The monoisotopic (exact) mass is 882 g/mol. The van der Waals surface area contributed by atoms with E-state index in [1.54, 1.807) is 0 Å². The summed E-state index contributed by atoms with van der Waals surface area (Å²) in [6.45, 7) is 4.70. The van der Waals surface area contributed by atoms with E-state index in [9.17, 15) is 0 Å². The quantitative estimate of drug-likeness (QED) is 0.167. The summed E-state index contributed by atoms with van der Waals surface area (Å²) >= 11 is 0. The van der Waals surface area contributed by atoms with Crippen LogP contribution in [0.5, 0.6) is 0 Å².